The lowest BCUT2D eigenvalue weighted by Crippen LogP contribution is -2.36. The first-order valence-corrected chi connectivity index (χ1v) is 11.0. The second-order valence-corrected chi connectivity index (χ2v) is 8.70. The number of hydrogen-bond acceptors (Lipinski definition) is 3. The topological polar surface area (TPSA) is 35.6 Å². The lowest BCUT2D eigenvalue weighted by atomic mass is 10.0. The number of benzene rings is 3. The highest BCUT2D eigenvalue weighted by Crippen LogP contribution is 2.22. The van der Waals surface area contributed by atoms with Gasteiger partial charge in [0.25, 0.3) is 5.91 Å². The van der Waals surface area contributed by atoms with Crippen LogP contribution in [0.5, 0.6) is 0 Å². The van der Waals surface area contributed by atoms with Crippen molar-refractivity contribution in [2.75, 3.05) is 27.2 Å². The molecule has 1 aliphatic heterocycles. The Morgan fingerprint density at radius 2 is 1.68 bits per heavy atom. The van der Waals surface area contributed by atoms with Crippen LogP contribution in [0.3, 0.4) is 0 Å². The molecule has 4 rings (SSSR count). The van der Waals surface area contributed by atoms with E-state index in [9.17, 15) is 4.79 Å². The van der Waals surface area contributed by atoms with Gasteiger partial charge < -0.3 is 10.2 Å². The molecule has 1 aliphatic rings. The van der Waals surface area contributed by atoms with Crippen molar-refractivity contribution in [1.29, 1.82) is 0 Å². The van der Waals surface area contributed by atoms with Crippen LogP contribution in [0.1, 0.15) is 27.9 Å². The summed E-state index contributed by atoms with van der Waals surface area (Å²) in [6.07, 6.45) is 0.995. The summed E-state index contributed by atoms with van der Waals surface area (Å²) in [6.45, 7) is 3.77. The first-order chi connectivity index (χ1) is 15.1. The zero-order valence-corrected chi connectivity index (χ0v) is 18.4. The Morgan fingerprint density at radius 3 is 2.42 bits per heavy atom. The fourth-order valence-corrected chi connectivity index (χ4v) is 4.23. The Balaban J connectivity index is 1.34. The van der Waals surface area contributed by atoms with Crippen LogP contribution in [-0.4, -0.2) is 48.9 Å². The van der Waals surface area contributed by atoms with E-state index in [1.807, 2.05) is 30.3 Å². The summed E-state index contributed by atoms with van der Waals surface area (Å²) in [6, 6.07) is 27.2. The lowest BCUT2D eigenvalue weighted by Gasteiger charge is -2.17. The van der Waals surface area contributed by atoms with Crippen LogP contribution in [0.2, 0.25) is 0 Å². The average molecular weight is 414 g/mol. The van der Waals surface area contributed by atoms with E-state index in [1.54, 1.807) is 0 Å². The van der Waals surface area contributed by atoms with Gasteiger partial charge in [0.1, 0.15) is 0 Å². The van der Waals surface area contributed by atoms with E-state index in [0.717, 1.165) is 43.7 Å². The van der Waals surface area contributed by atoms with Gasteiger partial charge in [0.05, 0.1) is 0 Å². The number of hydrogen-bond donors (Lipinski definition) is 1. The molecule has 3 aromatic rings. The second-order valence-electron chi connectivity index (χ2n) is 8.70. The highest BCUT2D eigenvalue weighted by atomic mass is 16.1. The van der Waals surface area contributed by atoms with Crippen LogP contribution in [0.15, 0.2) is 78.9 Å². The number of carbonyl (C=O) groups is 1. The monoisotopic (exact) mass is 413 g/mol. The minimum atomic E-state index is 0.0134. The van der Waals surface area contributed by atoms with Crippen LogP contribution in [-0.2, 0) is 13.1 Å². The zero-order chi connectivity index (χ0) is 21.6. The zero-order valence-electron chi connectivity index (χ0n) is 18.4. The van der Waals surface area contributed by atoms with Crippen molar-refractivity contribution in [2.45, 2.75) is 25.6 Å². The fraction of sp³-hybridized carbons (Fsp3) is 0.296. The third-order valence-electron chi connectivity index (χ3n) is 5.76. The molecule has 4 nitrogen and oxygen atoms in total. The van der Waals surface area contributed by atoms with Crippen LogP contribution in [0.25, 0.3) is 11.1 Å². The lowest BCUT2D eigenvalue weighted by molar-refractivity contribution is 0.0937. The van der Waals surface area contributed by atoms with E-state index in [1.165, 1.54) is 16.7 Å². The molecule has 0 spiro atoms. The number of amides is 1. The number of rotatable bonds is 7. The van der Waals surface area contributed by atoms with Crippen molar-refractivity contribution in [2.24, 2.45) is 0 Å². The Hall–Kier alpha value is -2.95. The quantitative estimate of drug-likeness (QED) is 0.623. The van der Waals surface area contributed by atoms with E-state index in [-0.39, 0.29) is 11.9 Å². The van der Waals surface area contributed by atoms with Gasteiger partial charge in [-0.2, -0.15) is 0 Å². The molecule has 0 radical (unpaired) electrons. The number of likely N-dealkylation sites (tertiary alicyclic amines) is 1. The van der Waals surface area contributed by atoms with Gasteiger partial charge in [-0.05, 0) is 61.0 Å². The summed E-state index contributed by atoms with van der Waals surface area (Å²) in [5, 5.41) is 3.21. The van der Waals surface area contributed by atoms with Gasteiger partial charge in [-0.25, -0.2) is 0 Å². The first kappa shape index (κ1) is 21.3. The van der Waals surface area contributed by atoms with Crippen molar-refractivity contribution in [1.82, 2.24) is 15.1 Å². The molecule has 4 heteroatoms. The highest BCUT2D eigenvalue weighted by molar-refractivity contribution is 5.94. The molecule has 160 valence electrons. The Bertz CT molecular complexity index is 999. The van der Waals surface area contributed by atoms with Crippen LogP contribution < -0.4 is 5.32 Å². The third-order valence-corrected chi connectivity index (χ3v) is 5.76. The number of nitrogens with one attached hydrogen (secondary N) is 1. The summed E-state index contributed by atoms with van der Waals surface area (Å²) in [7, 11) is 4.15. The van der Waals surface area contributed by atoms with Gasteiger partial charge in [0.15, 0.2) is 0 Å². The summed E-state index contributed by atoms with van der Waals surface area (Å²) in [5.41, 5.74) is 5.63. The molecule has 1 saturated heterocycles. The molecule has 1 heterocycles. The van der Waals surface area contributed by atoms with Crippen molar-refractivity contribution >= 4 is 5.91 Å². The Labute approximate surface area is 185 Å². The number of carbonyl (C=O) groups excluding carboxylic acids is 1. The van der Waals surface area contributed by atoms with E-state index < -0.39 is 0 Å². The molecule has 0 bridgehead atoms. The smallest absolute Gasteiger partial charge is 0.251 e. The molecule has 31 heavy (non-hydrogen) atoms. The molecule has 1 unspecified atom stereocenters. The first-order valence-electron chi connectivity index (χ1n) is 11.0. The van der Waals surface area contributed by atoms with E-state index in [4.69, 9.17) is 0 Å². The summed E-state index contributed by atoms with van der Waals surface area (Å²) < 4.78 is 0. The van der Waals surface area contributed by atoms with Gasteiger partial charge in [-0.3, -0.25) is 9.69 Å². The molecule has 0 saturated carbocycles. The Kier molecular flexibility index (Phi) is 6.80. The third kappa shape index (κ3) is 5.81. The summed E-state index contributed by atoms with van der Waals surface area (Å²) in [4.78, 5) is 17.3. The molecule has 1 N–H and O–H groups in total. The maximum Gasteiger partial charge on any atom is 0.251 e. The summed E-state index contributed by atoms with van der Waals surface area (Å²) >= 11 is 0. The van der Waals surface area contributed by atoms with E-state index in [2.05, 4.69) is 77.7 Å². The second kappa shape index (κ2) is 9.90. The SMILES string of the molecule is CN(C)Cc1cccc(-c2ccc(C(=O)NC3CCN(Cc4ccccc4)C3)cc2)c1. The largest absolute Gasteiger partial charge is 0.348 e. The molecule has 1 fully saturated rings. The standard InChI is InChI=1S/C27H31N3O/c1-29(2)18-22-9-6-10-25(17-22)23-11-13-24(14-12-23)27(31)28-26-15-16-30(20-26)19-21-7-4-3-5-8-21/h3-14,17,26H,15-16,18-20H2,1-2H3,(H,28,31). The molecule has 0 aromatic heterocycles. The van der Waals surface area contributed by atoms with Crippen LogP contribution in [0, 0.1) is 0 Å². The summed E-state index contributed by atoms with van der Waals surface area (Å²) in [5.74, 6) is 0.0134. The normalized spacial score (nSPS) is 16.5. The van der Waals surface area contributed by atoms with Crippen molar-refractivity contribution < 1.29 is 4.79 Å². The van der Waals surface area contributed by atoms with Crippen molar-refractivity contribution in [3.8, 4) is 11.1 Å². The predicted molar refractivity (Wildman–Crippen MR) is 127 cm³/mol. The van der Waals surface area contributed by atoms with Crippen molar-refractivity contribution in [3.05, 3.63) is 95.6 Å². The van der Waals surface area contributed by atoms with Crippen molar-refractivity contribution in [3.63, 3.8) is 0 Å². The molecular formula is C27H31N3O. The maximum absolute atomic E-state index is 12.8. The average Bonchev–Trinajstić information content (AvgIpc) is 3.21. The van der Waals surface area contributed by atoms with E-state index in [0.29, 0.717) is 0 Å². The predicted octanol–water partition coefficient (Wildman–Crippen LogP) is 4.42. The maximum atomic E-state index is 12.8. The molecular weight excluding hydrogens is 382 g/mol. The van der Waals surface area contributed by atoms with E-state index >= 15 is 0 Å². The molecule has 1 amide bonds. The minimum Gasteiger partial charge on any atom is -0.348 e. The van der Waals surface area contributed by atoms with Gasteiger partial charge >= 0.3 is 0 Å². The Morgan fingerprint density at radius 1 is 0.935 bits per heavy atom. The molecule has 0 aliphatic carbocycles. The molecule has 1 atom stereocenters. The minimum absolute atomic E-state index is 0.0134. The van der Waals surface area contributed by atoms with Gasteiger partial charge in [-0.1, -0.05) is 60.7 Å². The van der Waals surface area contributed by atoms with Crippen LogP contribution >= 0.6 is 0 Å². The highest BCUT2D eigenvalue weighted by Gasteiger charge is 2.24. The molecule has 3 aromatic carbocycles. The van der Waals surface area contributed by atoms with Gasteiger partial charge in [0, 0.05) is 37.8 Å². The fourth-order valence-electron chi connectivity index (χ4n) is 4.23. The number of nitrogens with zero attached hydrogens (tertiary/aromatic N) is 2. The van der Waals surface area contributed by atoms with Gasteiger partial charge in [-0.15, -0.1) is 0 Å². The van der Waals surface area contributed by atoms with Gasteiger partial charge in [0.2, 0.25) is 0 Å². The van der Waals surface area contributed by atoms with Crippen LogP contribution in [0.4, 0.5) is 0 Å².